The second-order valence-electron chi connectivity index (χ2n) is 10.2. The van der Waals surface area contributed by atoms with Crippen molar-refractivity contribution in [3.63, 3.8) is 0 Å². The monoisotopic (exact) mass is 562 g/mol. The third-order valence-corrected chi connectivity index (χ3v) is 14.9. The Kier molecular flexibility index (Phi) is 18.4. The predicted molar refractivity (Wildman–Crippen MR) is 134 cm³/mol. The van der Waals surface area contributed by atoms with E-state index in [-0.39, 0.29) is 40.6 Å². The van der Waals surface area contributed by atoms with Gasteiger partial charge in [-0.05, 0) is 0 Å². The van der Waals surface area contributed by atoms with Crippen LogP contribution in [0.25, 0.3) is 0 Å². The minimum Gasteiger partial charge on any atom is -1.00 e. The molecule has 0 amide bonds. The van der Waals surface area contributed by atoms with Crippen molar-refractivity contribution >= 4 is 13.3 Å². The van der Waals surface area contributed by atoms with Gasteiger partial charge in [0.05, 0.1) is 0 Å². The van der Waals surface area contributed by atoms with E-state index >= 15 is 0 Å². The minimum absolute atomic E-state index is 0. The molecule has 1 aromatic rings. The molecule has 0 saturated heterocycles. The van der Waals surface area contributed by atoms with Gasteiger partial charge in [-0.25, -0.2) is 0 Å². The van der Waals surface area contributed by atoms with Gasteiger partial charge in [-0.15, -0.1) is 0 Å². The molecule has 0 nitrogen and oxygen atoms in total. The molecule has 2 rings (SSSR count). The van der Waals surface area contributed by atoms with Crippen LogP contribution < -0.4 is 42.4 Å². The van der Waals surface area contributed by atoms with Crippen molar-refractivity contribution in [2.24, 2.45) is 5.92 Å². The topological polar surface area (TPSA) is 0 Å². The number of aryl methyl sites for hydroxylation is 2. The van der Waals surface area contributed by atoms with Gasteiger partial charge in [0.1, 0.15) is 0 Å². The summed E-state index contributed by atoms with van der Waals surface area (Å²) in [6, 6.07) is 7.74. The van der Waals surface area contributed by atoms with Gasteiger partial charge >= 0.3 is 201 Å². The van der Waals surface area contributed by atoms with Crippen molar-refractivity contribution in [3.05, 3.63) is 53.1 Å². The Balaban J connectivity index is 0. The van der Waals surface area contributed by atoms with Gasteiger partial charge in [0.15, 0.2) is 0 Å². The van der Waals surface area contributed by atoms with Crippen molar-refractivity contribution in [2.45, 2.75) is 108 Å². The van der Waals surface area contributed by atoms with Crippen LogP contribution >= 0.6 is 0 Å². The number of benzene rings is 1. The molecule has 0 spiro atoms. The molecule has 1 unspecified atom stereocenters. The first-order valence-electron chi connectivity index (χ1n) is 12.5. The smallest absolute Gasteiger partial charge is 1.00 e. The largest absolute Gasteiger partial charge is 1.00 e. The SMILES string of the molecule is CCCCCCc1cc(CCCCCC)cc([Si](C)(C)[C]2([Ti+3])C=CC=C2C(C)C)c1.[Cl-].[Cl-].[Cl-]. The van der Waals surface area contributed by atoms with E-state index in [4.69, 9.17) is 0 Å². The fraction of sp³-hybridized carbons (Fsp3) is 0.643. The Morgan fingerprint density at radius 3 is 1.70 bits per heavy atom. The molecule has 0 fully saturated rings. The van der Waals surface area contributed by atoms with Gasteiger partial charge in [0.2, 0.25) is 0 Å². The van der Waals surface area contributed by atoms with Crippen LogP contribution in [0.2, 0.25) is 16.4 Å². The molecule has 1 atom stereocenters. The molecule has 0 radical (unpaired) electrons. The minimum atomic E-state index is -1.72. The number of hydrogen-bond donors (Lipinski definition) is 0. The van der Waals surface area contributed by atoms with Crippen LogP contribution in [-0.2, 0) is 33.3 Å². The van der Waals surface area contributed by atoms with Crippen molar-refractivity contribution in [1.82, 2.24) is 0 Å². The molecule has 1 aliphatic carbocycles. The van der Waals surface area contributed by atoms with Gasteiger partial charge < -0.3 is 37.2 Å². The fourth-order valence-electron chi connectivity index (χ4n) is 4.89. The average molecular weight is 564 g/mol. The second kappa shape index (κ2) is 17.0. The van der Waals surface area contributed by atoms with E-state index in [1.54, 1.807) is 21.9 Å². The zero-order valence-electron chi connectivity index (χ0n) is 21.7. The predicted octanol–water partition coefficient (Wildman–Crippen LogP) is -0.743. The maximum absolute atomic E-state index is 2.61. The summed E-state index contributed by atoms with van der Waals surface area (Å²) in [5.74, 6) is 0.613. The van der Waals surface area contributed by atoms with Gasteiger partial charge in [-0.3, -0.25) is 0 Å². The summed E-state index contributed by atoms with van der Waals surface area (Å²) in [6.07, 6.45) is 20.5. The first-order chi connectivity index (χ1) is 14.3. The number of unbranched alkanes of at least 4 members (excludes halogenated alkanes) is 6. The third-order valence-electron chi connectivity index (χ3n) is 7.10. The third kappa shape index (κ3) is 9.47. The van der Waals surface area contributed by atoms with Gasteiger partial charge in [0.25, 0.3) is 0 Å². The Morgan fingerprint density at radius 2 is 1.27 bits per heavy atom. The van der Waals surface area contributed by atoms with Crippen LogP contribution in [0.15, 0.2) is 42.0 Å². The maximum Gasteiger partial charge on any atom is -1.00 e. The fourth-order valence-corrected chi connectivity index (χ4v) is 9.45. The van der Waals surface area contributed by atoms with Crippen LogP contribution in [-0.4, -0.2) is 8.07 Å². The van der Waals surface area contributed by atoms with Crippen molar-refractivity contribution in [3.8, 4) is 0 Å². The normalized spacial score (nSPS) is 17.3. The van der Waals surface area contributed by atoms with E-state index in [9.17, 15) is 0 Å². The van der Waals surface area contributed by atoms with Crippen LogP contribution in [0, 0.1) is 5.92 Å². The molecule has 1 aliphatic rings. The van der Waals surface area contributed by atoms with Crippen LogP contribution in [0.5, 0.6) is 0 Å². The summed E-state index contributed by atoms with van der Waals surface area (Å²) < 4.78 is 0.224. The Morgan fingerprint density at radius 1 is 0.788 bits per heavy atom. The maximum atomic E-state index is 2.61. The van der Waals surface area contributed by atoms with Crippen LogP contribution in [0.1, 0.15) is 90.2 Å². The number of halogens is 3. The summed E-state index contributed by atoms with van der Waals surface area (Å²) >= 11 is 2.52. The molecular weight excluding hydrogens is 519 g/mol. The zero-order valence-corrected chi connectivity index (χ0v) is 26.6. The number of hydrogen-bond acceptors (Lipinski definition) is 0. The molecular formula is C28H45Cl3SiTi. The summed E-state index contributed by atoms with van der Waals surface area (Å²) in [4.78, 5) is 0. The summed E-state index contributed by atoms with van der Waals surface area (Å²) in [5.41, 5.74) is 4.82. The van der Waals surface area contributed by atoms with E-state index in [0.717, 1.165) is 0 Å². The van der Waals surface area contributed by atoms with E-state index in [1.807, 2.05) is 0 Å². The van der Waals surface area contributed by atoms with E-state index < -0.39 is 8.07 Å². The first-order valence-corrected chi connectivity index (χ1v) is 16.3. The van der Waals surface area contributed by atoms with E-state index in [2.05, 4.69) is 97.7 Å². The Labute approximate surface area is 236 Å². The summed E-state index contributed by atoms with van der Waals surface area (Å²) in [6.45, 7) is 14.6. The number of rotatable bonds is 13. The Hall–Kier alpha value is 0.501. The van der Waals surface area contributed by atoms with E-state index in [0.29, 0.717) is 5.92 Å². The Bertz CT molecular complexity index is 712. The molecule has 0 heterocycles. The molecule has 5 heteroatoms. The molecule has 0 N–H and O–H groups in total. The second-order valence-corrected chi connectivity index (χ2v) is 16.9. The summed E-state index contributed by atoms with van der Waals surface area (Å²) in [5, 5.41) is 1.67. The van der Waals surface area contributed by atoms with Gasteiger partial charge in [-0.1, -0.05) is 0 Å². The average Bonchev–Trinajstić information content (AvgIpc) is 3.12. The van der Waals surface area contributed by atoms with Crippen molar-refractivity contribution in [2.75, 3.05) is 0 Å². The van der Waals surface area contributed by atoms with Gasteiger partial charge in [0, 0.05) is 0 Å². The molecule has 1 aromatic carbocycles. The molecule has 0 saturated carbocycles. The standard InChI is InChI=1S/C28H45Si.3ClH.Ti/c1-7-9-11-13-16-24-20-25(17-14-12-10-8-2)22-26(21-24)29(5,6)28-19-15-18-27(28)23(3)4;;;;/h15,18-23H,7-14,16-17H2,1-6H3;3*1H;/q;;;;+3/p-3. The van der Waals surface area contributed by atoms with Gasteiger partial charge in [-0.2, -0.15) is 0 Å². The summed E-state index contributed by atoms with van der Waals surface area (Å²) in [7, 11) is -1.72. The molecule has 0 bridgehead atoms. The van der Waals surface area contributed by atoms with Crippen molar-refractivity contribution < 1.29 is 57.7 Å². The number of allylic oxidation sites excluding steroid dienone is 4. The molecule has 0 aromatic heterocycles. The molecule has 33 heavy (non-hydrogen) atoms. The van der Waals surface area contributed by atoms with Crippen LogP contribution in [0.4, 0.5) is 0 Å². The zero-order chi connectivity index (χ0) is 22.2. The first kappa shape index (κ1) is 35.7. The van der Waals surface area contributed by atoms with Crippen LogP contribution in [0.3, 0.4) is 0 Å². The van der Waals surface area contributed by atoms with Crippen molar-refractivity contribution in [1.29, 1.82) is 0 Å². The molecule has 0 aliphatic heterocycles. The van der Waals surface area contributed by atoms with E-state index in [1.165, 1.54) is 64.2 Å². The quantitative estimate of drug-likeness (QED) is 0.219. The molecule has 186 valence electrons.